The van der Waals surface area contributed by atoms with Gasteiger partial charge in [-0.3, -0.25) is 4.79 Å². The zero-order valence-corrected chi connectivity index (χ0v) is 19.0. The second kappa shape index (κ2) is 9.38. The van der Waals surface area contributed by atoms with Gasteiger partial charge >= 0.3 is 22.2 Å². The van der Waals surface area contributed by atoms with Gasteiger partial charge < -0.3 is 19.0 Å². The first-order chi connectivity index (χ1) is 14.3. The summed E-state index contributed by atoms with van der Waals surface area (Å²) >= 11 is 0. The van der Waals surface area contributed by atoms with Crippen molar-refractivity contribution >= 4 is 22.2 Å². The maximum absolute atomic E-state index is 12.5. The molecular formula is C22H27NO7S. The van der Waals surface area contributed by atoms with Gasteiger partial charge in [-0.1, -0.05) is 30.3 Å². The number of carbonyl (C=O) groups is 2. The van der Waals surface area contributed by atoms with Crippen molar-refractivity contribution in [1.82, 2.24) is 5.32 Å². The average molecular weight is 450 g/mol. The van der Waals surface area contributed by atoms with Crippen molar-refractivity contribution in [2.24, 2.45) is 0 Å². The highest BCUT2D eigenvalue weighted by Crippen LogP contribution is 2.29. The Hall–Kier alpha value is -3.07. The Balaban J connectivity index is 2.27. The fraction of sp³-hybridized carbons (Fsp3) is 0.364. The predicted octanol–water partition coefficient (Wildman–Crippen LogP) is 3.76. The molecule has 2 aromatic rings. The van der Waals surface area contributed by atoms with E-state index in [1.54, 1.807) is 58.0 Å². The van der Waals surface area contributed by atoms with Crippen LogP contribution in [0.25, 0.3) is 0 Å². The minimum atomic E-state index is -4.04. The summed E-state index contributed by atoms with van der Waals surface area (Å²) < 4.78 is 40.9. The number of rotatable bonds is 7. The molecule has 0 radical (unpaired) electrons. The van der Waals surface area contributed by atoms with Gasteiger partial charge in [0.25, 0.3) is 0 Å². The standard InChI is InChI=1S/C22H27NO7S/c1-16(24)28-22(5,15-23-20(25)29-21(2,3)4)17-10-9-11-18(14-17)30-31(26,27)19-12-7-6-8-13-19/h6-14H,15H2,1-5H3,(H,23,25). The first-order valence-corrected chi connectivity index (χ1v) is 11.0. The maximum atomic E-state index is 12.5. The summed E-state index contributed by atoms with van der Waals surface area (Å²) in [5.41, 5.74) is -1.56. The van der Waals surface area contributed by atoms with Crippen LogP contribution in [0.15, 0.2) is 59.5 Å². The van der Waals surface area contributed by atoms with Crippen LogP contribution in [0.1, 0.15) is 40.2 Å². The molecule has 1 amide bonds. The Morgan fingerprint density at radius 3 is 2.16 bits per heavy atom. The van der Waals surface area contributed by atoms with Gasteiger partial charge in [0.1, 0.15) is 16.2 Å². The number of esters is 1. The minimum Gasteiger partial charge on any atom is -0.453 e. The van der Waals surface area contributed by atoms with Crippen LogP contribution >= 0.6 is 0 Å². The lowest BCUT2D eigenvalue weighted by molar-refractivity contribution is -0.156. The normalized spacial score (nSPS) is 13.6. The molecule has 0 aliphatic carbocycles. The first-order valence-electron chi connectivity index (χ1n) is 9.57. The molecule has 2 rings (SSSR count). The third kappa shape index (κ3) is 7.29. The Bertz CT molecular complexity index is 1030. The highest BCUT2D eigenvalue weighted by molar-refractivity contribution is 7.87. The Labute approximate surface area is 182 Å². The van der Waals surface area contributed by atoms with E-state index in [1.165, 1.54) is 31.2 Å². The molecule has 168 valence electrons. The van der Waals surface area contributed by atoms with Gasteiger partial charge in [0, 0.05) is 12.5 Å². The van der Waals surface area contributed by atoms with Gasteiger partial charge in [-0.05, 0) is 52.0 Å². The van der Waals surface area contributed by atoms with Crippen molar-refractivity contribution in [3.63, 3.8) is 0 Å². The number of carbonyl (C=O) groups excluding carboxylic acids is 2. The fourth-order valence-corrected chi connectivity index (χ4v) is 3.65. The van der Waals surface area contributed by atoms with E-state index >= 15 is 0 Å². The van der Waals surface area contributed by atoms with E-state index in [0.717, 1.165) is 0 Å². The zero-order valence-electron chi connectivity index (χ0n) is 18.2. The second-order valence-corrected chi connectivity index (χ2v) is 9.60. The molecule has 0 fully saturated rings. The first kappa shape index (κ1) is 24.2. The highest BCUT2D eigenvalue weighted by atomic mass is 32.2. The molecule has 0 spiro atoms. The van der Waals surface area contributed by atoms with Gasteiger partial charge in [0.15, 0.2) is 5.60 Å². The van der Waals surface area contributed by atoms with Crippen molar-refractivity contribution < 1.29 is 31.7 Å². The van der Waals surface area contributed by atoms with Crippen LogP contribution in [0.4, 0.5) is 4.79 Å². The summed E-state index contributed by atoms with van der Waals surface area (Å²) in [4.78, 5) is 23.8. The van der Waals surface area contributed by atoms with Crippen molar-refractivity contribution in [3.05, 3.63) is 60.2 Å². The van der Waals surface area contributed by atoms with Crippen molar-refractivity contribution in [1.29, 1.82) is 0 Å². The van der Waals surface area contributed by atoms with E-state index in [4.69, 9.17) is 13.7 Å². The topological polar surface area (TPSA) is 108 Å². The minimum absolute atomic E-state index is 0.00902. The number of nitrogens with one attached hydrogen (secondary N) is 1. The lowest BCUT2D eigenvalue weighted by Crippen LogP contribution is -2.43. The largest absolute Gasteiger partial charge is 0.453 e. The molecule has 1 atom stereocenters. The van der Waals surface area contributed by atoms with E-state index in [0.29, 0.717) is 5.56 Å². The summed E-state index contributed by atoms with van der Waals surface area (Å²) in [6, 6.07) is 13.9. The Morgan fingerprint density at radius 1 is 0.935 bits per heavy atom. The molecule has 1 unspecified atom stereocenters. The van der Waals surface area contributed by atoms with Crippen molar-refractivity contribution in [2.75, 3.05) is 6.54 Å². The van der Waals surface area contributed by atoms with Crippen LogP contribution in [-0.2, 0) is 30.0 Å². The summed E-state index contributed by atoms with van der Waals surface area (Å²) in [7, 11) is -4.04. The van der Waals surface area contributed by atoms with Crippen LogP contribution in [0.2, 0.25) is 0 Å². The third-order valence-electron chi connectivity index (χ3n) is 4.02. The van der Waals surface area contributed by atoms with E-state index in [2.05, 4.69) is 5.32 Å². The van der Waals surface area contributed by atoms with Crippen LogP contribution in [0.5, 0.6) is 5.75 Å². The predicted molar refractivity (Wildman–Crippen MR) is 114 cm³/mol. The van der Waals surface area contributed by atoms with Crippen molar-refractivity contribution in [2.45, 2.75) is 50.7 Å². The average Bonchev–Trinajstić information content (AvgIpc) is 2.65. The number of benzene rings is 2. The summed E-state index contributed by atoms with van der Waals surface area (Å²) in [5, 5.41) is 2.58. The number of ether oxygens (including phenoxy) is 2. The lowest BCUT2D eigenvalue weighted by atomic mass is 9.95. The van der Waals surface area contributed by atoms with E-state index in [1.807, 2.05) is 0 Å². The molecule has 0 aromatic heterocycles. The zero-order chi connectivity index (χ0) is 23.3. The smallest absolute Gasteiger partial charge is 0.407 e. The number of hydrogen-bond acceptors (Lipinski definition) is 7. The van der Waals surface area contributed by atoms with Gasteiger partial charge in [-0.2, -0.15) is 8.42 Å². The lowest BCUT2D eigenvalue weighted by Gasteiger charge is -2.30. The monoisotopic (exact) mass is 449 g/mol. The number of amides is 1. The Kier molecular flexibility index (Phi) is 7.32. The molecular weight excluding hydrogens is 422 g/mol. The van der Waals surface area contributed by atoms with Crippen LogP contribution in [0, 0.1) is 0 Å². The molecule has 8 nitrogen and oxygen atoms in total. The van der Waals surface area contributed by atoms with Crippen LogP contribution < -0.4 is 9.50 Å². The van der Waals surface area contributed by atoms with Crippen LogP contribution in [0.3, 0.4) is 0 Å². The van der Waals surface area contributed by atoms with Crippen LogP contribution in [-0.4, -0.2) is 32.6 Å². The number of alkyl carbamates (subject to hydrolysis) is 1. The second-order valence-electron chi connectivity index (χ2n) is 8.06. The fourth-order valence-electron chi connectivity index (χ4n) is 2.71. The third-order valence-corrected chi connectivity index (χ3v) is 5.28. The molecule has 31 heavy (non-hydrogen) atoms. The summed E-state index contributed by atoms with van der Waals surface area (Å²) in [5.74, 6) is -0.534. The maximum Gasteiger partial charge on any atom is 0.407 e. The van der Waals surface area contributed by atoms with E-state index in [-0.39, 0.29) is 17.2 Å². The van der Waals surface area contributed by atoms with Gasteiger partial charge in [-0.15, -0.1) is 0 Å². The molecule has 0 saturated heterocycles. The molecule has 9 heteroatoms. The van der Waals surface area contributed by atoms with Gasteiger partial charge in [-0.25, -0.2) is 4.79 Å². The molecule has 0 aliphatic heterocycles. The van der Waals surface area contributed by atoms with E-state index < -0.39 is 33.4 Å². The SMILES string of the molecule is CC(=O)OC(C)(CNC(=O)OC(C)(C)C)c1cccc(OS(=O)(=O)c2ccccc2)c1. The molecule has 0 aliphatic rings. The van der Waals surface area contributed by atoms with Crippen molar-refractivity contribution in [3.8, 4) is 5.75 Å². The molecule has 1 N–H and O–H groups in total. The van der Waals surface area contributed by atoms with Gasteiger partial charge in [0.05, 0.1) is 6.54 Å². The molecule has 0 saturated carbocycles. The van der Waals surface area contributed by atoms with Gasteiger partial charge in [0.2, 0.25) is 0 Å². The molecule has 2 aromatic carbocycles. The Morgan fingerprint density at radius 2 is 1.58 bits per heavy atom. The van der Waals surface area contributed by atoms with E-state index in [9.17, 15) is 18.0 Å². The summed E-state index contributed by atoms with van der Waals surface area (Å²) in [6.07, 6.45) is -0.676. The molecule has 0 heterocycles. The highest BCUT2D eigenvalue weighted by Gasteiger charge is 2.32. The number of hydrogen-bond donors (Lipinski definition) is 1. The molecule has 0 bridgehead atoms. The summed E-state index contributed by atoms with van der Waals surface area (Å²) in [6.45, 7) is 7.92. The quantitative estimate of drug-likeness (QED) is 0.506.